The molecule has 3 aromatic rings. The van der Waals surface area contributed by atoms with E-state index in [-0.39, 0.29) is 5.91 Å². The summed E-state index contributed by atoms with van der Waals surface area (Å²) in [5, 5.41) is 7.36. The molecule has 0 atom stereocenters. The number of pyridine rings is 2. The van der Waals surface area contributed by atoms with Gasteiger partial charge < -0.3 is 15.0 Å². The average Bonchev–Trinajstić information content (AvgIpc) is 3.11. The van der Waals surface area contributed by atoms with Crippen molar-refractivity contribution in [1.29, 1.82) is 0 Å². The molecule has 0 spiro atoms. The van der Waals surface area contributed by atoms with Gasteiger partial charge in [0.25, 0.3) is 5.91 Å². The number of ether oxygens (including phenoxy) is 1. The minimum atomic E-state index is -0.165. The maximum Gasteiger partial charge on any atom is 0.253 e. The maximum atomic E-state index is 12.5. The molecule has 1 fully saturated rings. The highest BCUT2D eigenvalue weighted by molar-refractivity contribution is 5.93. The third kappa shape index (κ3) is 4.43. The van der Waals surface area contributed by atoms with Crippen LogP contribution in [0.4, 0.5) is 5.82 Å². The summed E-state index contributed by atoms with van der Waals surface area (Å²) in [6.07, 6.45) is 3.35. The molecule has 0 aliphatic carbocycles. The Morgan fingerprint density at radius 3 is 2.62 bits per heavy atom. The van der Waals surface area contributed by atoms with Gasteiger partial charge in [0.1, 0.15) is 5.82 Å². The van der Waals surface area contributed by atoms with E-state index in [4.69, 9.17) is 4.74 Å². The highest BCUT2D eigenvalue weighted by Gasteiger charge is 2.13. The van der Waals surface area contributed by atoms with Crippen molar-refractivity contribution in [2.75, 3.05) is 31.2 Å². The van der Waals surface area contributed by atoms with E-state index < -0.39 is 0 Å². The molecule has 8 heteroatoms. The molecule has 8 nitrogen and oxygen atoms in total. The van der Waals surface area contributed by atoms with E-state index >= 15 is 0 Å². The van der Waals surface area contributed by atoms with E-state index in [1.54, 1.807) is 29.2 Å². The number of aryl methyl sites for hydroxylation is 2. The van der Waals surface area contributed by atoms with Gasteiger partial charge in [-0.05, 0) is 49.7 Å². The van der Waals surface area contributed by atoms with Gasteiger partial charge in [-0.1, -0.05) is 0 Å². The van der Waals surface area contributed by atoms with Crippen molar-refractivity contribution in [1.82, 2.24) is 25.1 Å². The summed E-state index contributed by atoms with van der Waals surface area (Å²) in [4.78, 5) is 23.5. The normalized spacial score (nSPS) is 14.1. The fraction of sp³-hybridized carbons (Fsp3) is 0.333. The van der Waals surface area contributed by atoms with Crippen LogP contribution in [-0.2, 0) is 11.3 Å². The van der Waals surface area contributed by atoms with E-state index in [0.29, 0.717) is 31.1 Å². The largest absolute Gasteiger partial charge is 0.378 e. The van der Waals surface area contributed by atoms with Crippen molar-refractivity contribution in [3.63, 3.8) is 0 Å². The summed E-state index contributed by atoms with van der Waals surface area (Å²) in [6, 6.07) is 9.48. The van der Waals surface area contributed by atoms with Crippen molar-refractivity contribution in [3.05, 3.63) is 65.2 Å². The molecule has 29 heavy (non-hydrogen) atoms. The average molecular weight is 392 g/mol. The number of aromatic nitrogens is 4. The molecule has 4 rings (SSSR count). The highest BCUT2D eigenvalue weighted by atomic mass is 16.5. The topological polar surface area (TPSA) is 85.2 Å². The molecule has 1 aliphatic heterocycles. The van der Waals surface area contributed by atoms with Gasteiger partial charge in [-0.2, -0.15) is 5.10 Å². The van der Waals surface area contributed by atoms with Crippen molar-refractivity contribution in [2.24, 2.45) is 0 Å². The molecule has 0 aromatic carbocycles. The lowest BCUT2D eigenvalue weighted by atomic mass is 10.2. The summed E-state index contributed by atoms with van der Waals surface area (Å²) >= 11 is 0. The van der Waals surface area contributed by atoms with E-state index in [1.165, 1.54) is 0 Å². The number of nitrogens with one attached hydrogen (secondary N) is 1. The number of hydrogen-bond donors (Lipinski definition) is 1. The van der Waals surface area contributed by atoms with Crippen LogP contribution in [0.5, 0.6) is 0 Å². The van der Waals surface area contributed by atoms with Crippen LogP contribution in [0.15, 0.2) is 42.7 Å². The van der Waals surface area contributed by atoms with Crippen LogP contribution in [0.2, 0.25) is 0 Å². The highest BCUT2D eigenvalue weighted by Crippen LogP contribution is 2.15. The van der Waals surface area contributed by atoms with Crippen LogP contribution in [0, 0.1) is 13.8 Å². The second-order valence-corrected chi connectivity index (χ2v) is 7.05. The van der Waals surface area contributed by atoms with Gasteiger partial charge in [-0.25, -0.2) is 14.6 Å². The molecular weight excluding hydrogens is 368 g/mol. The molecule has 1 aliphatic rings. The van der Waals surface area contributed by atoms with Gasteiger partial charge >= 0.3 is 0 Å². The number of carbonyl (C=O) groups is 1. The van der Waals surface area contributed by atoms with Crippen molar-refractivity contribution < 1.29 is 9.53 Å². The predicted molar refractivity (Wildman–Crippen MR) is 109 cm³/mol. The summed E-state index contributed by atoms with van der Waals surface area (Å²) in [7, 11) is 0. The fourth-order valence-corrected chi connectivity index (χ4v) is 3.33. The number of hydrogen-bond acceptors (Lipinski definition) is 6. The van der Waals surface area contributed by atoms with Gasteiger partial charge in [0.2, 0.25) is 0 Å². The minimum absolute atomic E-state index is 0.165. The van der Waals surface area contributed by atoms with Crippen LogP contribution < -0.4 is 10.2 Å². The Morgan fingerprint density at radius 1 is 1.10 bits per heavy atom. The van der Waals surface area contributed by atoms with Gasteiger partial charge in [-0.3, -0.25) is 4.79 Å². The zero-order chi connectivity index (χ0) is 20.2. The summed E-state index contributed by atoms with van der Waals surface area (Å²) in [5.41, 5.74) is 3.45. The number of rotatable bonds is 5. The monoisotopic (exact) mass is 392 g/mol. The summed E-state index contributed by atoms with van der Waals surface area (Å²) in [6.45, 7) is 7.42. The zero-order valence-corrected chi connectivity index (χ0v) is 16.6. The Bertz CT molecular complexity index is 993. The Morgan fingerprint density at radius 2 is 1.93 bits per heavy atom. The minimum Gasteiger partial charge on any atom is -0.378 e. The van der Waals surface area contributed by atoms with Crippen LogP contribution in [0.3, 0.4) is 0 Å². The molecule has 0 saturated carbocycles. The molecule has 1 saturated heterocycles. The predicted octanol–water partition coefficient (Wildman–Crippen LogP) is 2.05. The molecule has 3 aromatic heterocycles. The maximum absolute atomic E-state index is 12.5. The lowest BCUT2D eigenvalue weighted by Crippen LogP contribution is -2.36. The van der Waals surface area contributed by atoms with E-state index in [9.17, 15) is 4.79 Å². The van der Waals surface area contributed by atoms with Gasteiger partial charge in [0, 0.05) is 37.7 Å². The van der Waals surface area contributed by atoms with E-state index in [0.717, 1.165) is 35.9 Å². The van der Waals surface area contributed by atoms with E-state index in [1.807, 2.05) is 32.0 Å². The SMILES string of the molecule is Cc1cc(C)n(-c2ccc(C(=O)NCc3ccnc(N4CCOCC4)c3)cn2)n1. The molecule has 0 radical (unpaired) electrons. The van der Waals surface area contributed by atoms with Gasteiger partial charge in [-0.15, -0.1) is 0 Å². The second kappa shape index (κ2) is 8.40. The van der Waals surface area contributed by atoms with Gasteiger partial charge in [0.05, 0.1) is 24.5 Å². The van der Waals surface area contributed by atoms with Crippen molar-refractivity contribution >= 4 is 11.7 Å². The first kappa shape index (κ1) is 19.1. The molecule has 4 heterocycles. The van der Waals surface area contributed by atoms with Crippen molar-refractivity contribution in [3.8, 4) is 5.82 Å². The first-order chi connectivity index (χ1) is 14.1. The molecule has 150 valence electrons. The lowest BCUT2D eigenvalue weighted by molar-refractivity contribution is 0.0950. The number of nitrogens with zero attached hydrogens (tertiary/aromatic N) is 5. The van der Waals surface area contributed by atoms with Crippen LogP contribution in [-0.4, -0.2) is 52.0 Å². The Labute approximate surface area is 169 Å². The molecule has 1 amide bonds. The lowest BCUT2D eigenvalue weighted by Gasteiger charge is -2.28. The molecule has 0 bridgehead atoms. The standard InChI is InChI=1S/C21H24N6O2/c1-15-11-16(2)27(25-15)19-4-3-18(14-23-19)21(28)24-13-17-5-6-22-20(12-17)26-7-9-29-10-8-26/h3-6,11-12,14H,7-10,13H2,1-2H3,(H,24,28). The smallest absolute Gasteiger partial charge is 0.253 e. The van der Waals surface area contributed by atoms with Gasteiger partial charge in [0.15, 0.2) is 5.82 Å². The molecule has 0 unspecified atom stereocenters. The Kier molecular flexibility index (Phi) is 5.53. The second-order valence-electron chi connectivity index (χ2n) is 7.05. The quantitative estimate of drug-likeness (QED) is 0.715. The first-order valence-electron chi connectivity index (χ1n) is 9.66. The number of amides is 1. The van der Waals surface area contributed by atoms with E-state index in [2.05, 4.69) is 25.3 Å². The number of anilines is 1. The molecule has 1 N–H and O–H groups in total. The van der Waals surface area contributed by atoms with Crippen LogP contribution in [0.25, 0.3) is 5.82 Å². The molecular formula is C21H24N6O2. The number of morpholine rings is 1. The fourth-order valence-electron chi connectivity index (χ4n) is 3.33. The third-order valence-corrected chi connectivity index (χ3v) is 4.83. The Balaban J connectivity index is 1.39. The third-order valence-electron chi connectivity index (χ3n) is 4.83. The van der Waals surface area contributed by atoms with Crippen LogP contribution >= 0.6 is 0 Å². The summed E-state index contributed by atoms with van der Waals surface area (Å²) < 4.78 is 7.15. The Hall–Kier alpha value is -3.26. The first-order valence-corrected chi connectivity index (χ1v) is 9.66. The van der Waals surface area contributed by atoms with Crippen LogP contribution in [0.1, 0.15) is 27.3 Å². The number of carbonyl (C=O) groups excluding carboxylic acids is 1. The zero-order valence-electron chi connectivity index (χ0n) is 16.6. The summed E-state index contributed by atoms with van der Waals surface area (Å²) in [5.74, 6) is 1.44. The van der Waals surface area contributed by atoms with Crippen molar-refractivity contribution in [2.45, 2.75) is 20.4 Å².